The summed E-state index contributed by atoms with van der Waals surface area (Å²) in [5.74, 6) is 1.50. The third-order valence-corrected chi connectivity index (χ3v) is 3.71. The molecule has 1 aromatic rings. The maximum absolute atomic E-state index is 5.38. The Morgan fingerprint density at radius 3 is 2.88 bits per heavy atom. The zero-order valence-electron chi connectivity index (χ0n) is 9.56. The number of hydrogen-bond acceptors (Lipinski definition) is 2. The molecule has 0 aromatic heterocycles. The highest BCUT2D eigenvalue weighted by Gasteiger charge is 2.38. The molecule has 2 heteroatoms. The van der Waals surface area contributed by atoms with Gasteiger partial charge >= 0.3 is 0 Å². The maximum atomic E-state index is 5.38. The standard InChI is InChI=1S/C14H19NO/c1-2-4-12(5-3-1)13-8-14(13)15-9-11-6-7-16-10-11/h1-5,11,13-15H,6-10H2. The highest BCUT2D eigenvalue weighted by molar-refractivity contribution is 5.27. The summed E-state index contributed by atoms with van der Waals surface area (Å²) in [7, 11) is 0. The van der Waals surface area contributed by atoms with Gasteiger partial charge in [-0.25, -0.2) is 0 Å². The summed E-state index contributed by atoms with van der Waals surface area (Å²) in [6.45, 7) is 3.04. The van der Waals surface area contributed by atoms with Crippen molar-refractivity contribution in [3.63, 3.8) is 0 Å². The second-order valence-corrected chi connectivity index (χ2v) is 5.00. The second kappa shape index (κ2) is 4.56. The Kier molecular flexibility index (Phi) is 2.94. The lowest BCUT2D eigenvalue weighted by Crippen LogP contribution is -2.25. The van der Waals surface area contributed by atoms with Gasteiger partial charge in [-0.05, 0) is 24.3 Å². The van der Waals surface area contributed by atoms with Crippen LogP contribution in [0.4, 0.5) is 0 Å². The van der Waals surface area contributed by atoms with E-state index in [-0.39, 0.29) is 0 Å². The van der Waals surface area contributed by atoms with Crippen LogP contribution in [0.5, 0.6) is 0 Å². The smallest absolute Gasteiger partial charge is 0.0507 e. The van der Waals surface area contributed by atoms with Gasteiger partial charge in [-0.15, -0.1) is 0 Å². The summed E-state index contributed by atoms with van der Waals surface area (Å²) < 4.78 is 5.38. The molecule has 2 fully saturated rings. The van der Waals surface area contributed by atoms with E-state index in [1.54, 1.807) is 0 Å². The normalized spacial score (nSPS) is 32.9. The first-order chi connectivity index (χ1) is 7.93. The van der Waals surface area contributed by atoms with E-state index in [0.717, 1.165) is 31.6 Å². The molecule has 1 saturated carbocycles. The van der Waals surface area contributed by atoms with Crippen molar-refractivity contribution in [2.75, 3.05) is 19.8 Å². The predicted molar refractivity (Wildman–Crippen MR) is 64.5 cm³/mol. The molecule has 3 atom stereocenters. The van der Waals surface area contributed by atoms with Crippen LogP contribution < -0.4 is 5.32 Å². The minimum atomic E-state index is 0.711. The fourth-order valence-electron chi connectivity index (χ4n) is 2.55. The number of benzene rings is 1. The average Bonchev–Trinajstić information content (AvgIpc) is 2.93. The summed E-state index contributed by atoms with van der Waals surface area (Å²) in [4.78, 5) is 0. The van der Waals surface area contributed by atoms with Gasteiger partial charge in [0.25, 0.3) is 0 Å². The van der Waals surface area contributed by atoms with E-state index in [1.165, 1.54) is 18.4 Å². The van der Waals surface area contributed by atoms with Gasteiger partial charge in [-0.3, -0.25) is 0 Å². The predicted octanol–water partition coefficient (Wildman–Crippen LogP) is 2.17. The largest absolute Gasteiger partial charge is 0.381 e. The summed E-state index contributed by atoms with van der Waals surface area (Å²) >= 11 is 0. The quantitative estimate of drug-likeness (QED) is 0.834. The molecule has 86 valence electrons. The van der Waals surface area contributed by atoms with Crippen LogP contribution in [0.15, 0.2) is 30.3 Å². The molecule has 1 heterocycles. The Balaban J connectivity index is 1.46. The summed E-state index contributed by atoms with van der Waals surface area (Å²) in [5.41, 5.74) is 1.49. The molecule has 16 heavy (non-hydrogen) atoms. The van der Waals surface area contributed by atoms with Crippen molar-refractivity contribution in [1.82, 2.24) is 5.32 Å². The first kappa shape index (κ1) is 10.3. The van der Waals surface area contributed by atoms with E-state index in [1.807, 2.05) is 0 Å². The van der Waals surface area contributed by atoms with Gasteiger partial charge in [0, 0.05) is 25.1 Å². The molecule has 0 amide bonds. The molecule has 1 saturated heterocycles. The van der Waals surface area contributed by atoms with Gasteiger partial charge < -0.3 is 10.1 Å². The highest BCUT2D eigenvalue weighted by Crippen LogP contribution is 2.40. The number of hydrogen-bond donors (Lipinski definition) is 1. The van der Waals surface area contributed by atoms with Crippen molar-refractivity contribution < 1.29 is 4.74 Å². The third-order valence-electron chi connectivity index (χ3n) is 3.71. The van der Waals surface area contributed by atoms with E-state index in [0.29, 0.717) is 6.04 Å². The summed E-state index contributed by atoms with van der Waals surface area (Å²) in [5, 5.41) is 3.67. The van der Waals surface area contributed by atoms with E-state index >= 15 is 0 Å². The molecule has 1 aliphatic heterocycles. The van der Waals surface area contributed by atoms with Gasteiger partial charge in [0.2, 0.25) is 0 Å². The lowest BCUT2D eigenvalue weighted by atomic mass is 10.1. The Morgan fingerprint density at radius 2 is 2.12 bits per heavy atom. The molecule has 1 aliphatic carbocycles. The minimum Gasteiger partial charge on any atom is -0.381 e. The molecular formula is C14H19NO. The molecule has 3 unspecified atom stereocenters. The molecule has 2 nitrogen and oxygen atoms in total. The molecular weight excluding hydrogens is 198 g/mol. The second-order valence-electron chi connectivity index (χ2n) is 5.00. The molecule has 0 bridgehead atoms. The van der Waals surface area contributed by atoms with Crippen molar-refractivity contribution in [2.45, 2.75) is 24.8 Å². The summed E-state index contributed by atoms with van der Waals surface area (Å²) in [6, 6.07) is 11.5. The fourth-order valence-corrected chi connectivity index (χ4v) is 2.55. The monoisotopic (exact) mass is 217 g/mol. The van der Waals surface area contributed by atoms with Crippen LogP contribution in [-0.2, 0) is 4.74 Å². The van der Waals surface area contributed by atoms with Gasteiger partial charge in [0.05, 0.1) is 6.61 Å². The SMILES string of the molecule is c1ccc(C2CC2NCC2CCOC2)cc1. The highest BCUT2D eigenvalue weighted by atomic mass is 16.5. The van der Waals surface area contributed by atoms with Gasteiger partial charge in [0.15, 0.2) is 0 Å². The van der Waals surface area contributed by atoms with Gasteiger partial charge in [0.1, 0.15) is 0 Å². The topological polar surface area (TPSA) is 21.3 Å². The third kappa shape index (κ3) is 2.28. The molecule has 1 N–H and O–H groups in total. The van der Waals surface area contributed by atoms with Crippen LogP contribution in [0.3, 0.4) is 0 Å². The fraction of sp³-hybridized carbons (Fsp3) is 0.571. The average molecular weight is 217 g/mol. The van der Waals surface area contributed by atoms with Crippen LogP contribution >= 0.6 is 0 Å². The van der Waals surface area contributed by atoms with E-state index in [2.05, 4.69) is 35.6 Å². The van der Waals surface area contributed by atoms with Crippen molar-refractivity contribution in [3.05, 3.63) is 35.9 Å². The van der Waals surface area contributed by atoms with Crippen molar-refractivity contribution in [1.29, 1.82) is 0 Å². The molecule has 2 aliphatic rings. The molecule has 3 rings (SSSR count). The van der Waals surface area contributed by atoms with E-state index in [4.69, 9.17) is 4.74 Å². The molecule has 0 radical (unpaired) electrons. The number of nitrogens with one attached hydrogen (secondary N) is 1. The van der Waals surface area contributed by atoms with Gasteiger partial charge in [-0.2, -0.15) is 0 Å². The molecule has 0 spiro atoms. The maximum Gasteiger partial charge on any atom is 0.0507 e. The lowest BCUT2D eigenvalue weighted by Gasteiger charge is -2.08. The summed E-state index contributed by atoms with van der Waals surface area (Å²) in [6.07, 6.45) is 2.54. The van der Waals surface area contributed by atoms with Crippen LogP contribution in [0, 0.1) is 5.92 Å². The van der Waals surface area contributed by atoms with Gasteiger partial charge in [-0.1, -0.05) is 30.3 Å². The van der Waals surface area contributed by atoms with Crippen LogP contribution in [0.2, 0.25) is 0 Å². The van der Waals surface area contributed by atoms with Crippen molar-refractivity contribution >= 4 is 0 Å². The van der Waals surface area contributed by atoms with Crippen LogP contribution in [0.25, 0.3) is 0 Å². The zero-order chi connectivity index (χ0) is 10.8. The Morgan fingerprint density at radius 1 is 1.25 bits per heavy atom. The first-order valence-corrected chi connectivity index (χ1v) is 6.29. The lowest BCUT2D eigenvalue weighted by molar-refractivity contribution is 0.185. The van der Waals surface area contributed by atoms with Crippen LogP contribution in [-0.4, -0.2) is 25.8 Å². The Bertz CT molecular complexity index is 332. The Labute approximate surface area is 97.0 Å². The number of ether oxygens (including phenoxy) is 1. The van der Waals surface area contributed by atoms with E-state index in [9.17, 15) is 0 Å². The zero-order valence-corrected chi connectivity index (χ0v) is 9.56. The number of rotatable bonds is 4. The Hall–Kier alpha value is -0.860. The van der Waals surface area contributed by atoms with Crippen LogP contribution in [0.1, 0.15) is 24.3 Å². The minimum absolute atomic E-state index is 0.711. The van der Waals surface area contributed by atoms with Crippen molar-refractivity contribution in [3.8, 4) is 0 Å². The molecule has 1 aromatic carbocycles. The van der Waals surface area contributed by atoms with E-state index < -0.39 is 0 Å². The van der Waals surface area contributed by atoms with Crippen molar-refractivity contribution in [2.24, 2.45) is 5.92 Å². The first-order valence-electron chi connectivity index (χ1n) is 6.29.